The van der Waals surface area contributed by atoms with Gasteiger partial charge in [0.2, 0.25) is 5.91 Å². The normalized spacial score (nSPS) is 12.9. The Labute approximate surface area is 208 Å². The summed E-state index contributed by atoms with van der Waals surface area (Å²) in [4.78, 5) is 38.8. The second kappa shape index (κ2) is 10.9. The summed E-state index contributed by atoms with van der Waals surface area (Å²) in [5.41, 5.74) is 3.13. The molecule has 1 saturated heterocycles. The molecule has 1 heterocycles. The smallest absolute Gasteiger partial charge is 0.262 e. The predicted molar refractivity (Wildman–Crippen MR) is 134 cm³/mol. The zero-order chi connectivity index (χ0) is 25.7. The van der Waals surface area contributed by atoms with Crippen molar-refractivity contribution in [3.8, 4) is 11.5 Å². The van der Waals surface area contributed by atoms with Gasteiger partial charge in [0.25, 0.3) is 11.8 Å². The summed E-state index contributed by atoms with van der Waals surface area (Å²) in [6.07, 6.45) is 1.40. The molecular formula is C27H26FN3O5. The van der Waals surface area contributed by atoms with Crippen molar-refractivity contribution in [2.75, 3.05) is 35.8 Å². The maximum Gasteiger partial charge on any atom is 0.262 e. The van der Waals surface area contributed by atoms with E-state index in [9.17, 15) is 18.8 Å². The van der Waals surface area contributed by atoms with Gasteiger partial charge in [-0.05, 0) is 79.6 Å². The van der Waals surface area contributed by atoms with Crippen molar-refractivity contribution in [2.24, 2.45) is 0 Å². The third kappa shape index (κ3) is 5.80. The van der Waals surface area contributed by atoms with E-state index in [1.807, 2.05) is 19.1 Å². The number of halogens is 1. The Balaban J connectivity index is 1.38. The van der Waals surface area contributed by atoms with E-state index in [0.717, 1.165) is 17.7 Å². The van der Waals surface area contributed by atoms with Crippen LogP contribution in [0.2, 0.25) is 0 Å². The molecule has 3 aromatic carbocycles. The lowest BCUT2D eigenvalue weighted by atomic mass is 10.1. The third-order valence-corrected chi connectivity index (χ3v) is 5.73. The first kappa shape index (κ1) is 24.7. The van der Waals surface area contributed by atoms with Crippen LogP contribution in [0.5, 0.6) is 11.5 Å². The van der Waals surface area contributed by atoms with Crippen LogP contribution in [0.3, 0.4) is 0 Å². The van der Waals surface area contributed by atoms with Crippen LogP contribution in [0.1, 0.15) is 28.8 Å². The van der Waals surface area contributed by atoms with Gasteiger partial charge in [0.05, 0.1) is 7.11 Å². The molecule has 0 aliphatic carbocycles. The molecule has 0 atom stereocenters. The number of hydrogen-bond acceptors (Lipinski definition) is 5. The number of methoxy groups -OCH3 is 1. The quantitative estimate of drug-likeness (QED) is 0.482. The minimum Gasteiger partial charge on any atom is -0.493 e. The van der Waals surface area contributed by atoms with Gasteiger partial charge < -0.3 is 25.0 Å². The lowest BCUT2D eigenvalue weighted by Gasteiger charge is -2.19. The molecule has 2 N–H and O–H groups in total. The molecule has 4 rings (SSSR count). The minimum atomic E-state index is -0.431. The number of benzene rings is 3. The molecule has 186 valence electrons. The summed E-state index contributed by atoms with van der Waals surface area (Å²) in [7, 11) is 1.43. The largest absolute Gasteiger partial charge is 0.493 e. The van der Waals surface area contributed by atoms with Crippen molar-refractivity contribution >= 4 is 34.8 Å². The van der Waals surface area contributed by atoms with Crippen molar-refractivity contribution in [1.29, 1.82) is 0 Å². The Morgan fingerprint density at radius 3 is 2.39 bits per heavy atom. The number of rotatable bonds is 8. The summed E-state index contributed by atoms with van der Waals surface area (Å²) in [6.45, 7) is 2.30. The van der Waals surface area contributed by atoms with E-state index in [2.05, 4.69) is 10.6 Å². The molecule has 9 heteroatoms. The first-order chi connectivity index (χ1) is 17.3. The highest BCUT2D eigenvalue weighted by Crippen LogP contribution is 2.30. The maximum absolute atomic E-state index is 13.0. The number of nitrogens with one attached hydrogen (secondary N) is 2. The Morgan fingerprint density at radius 1 is 0.972 bits per heavy atom. The number of carbonyl (C=O) groups excluding carboxylic acids is 3. The van der Waals surface area contributed by atoms with Crippen molar-refractivity contribution < 1.29 is 28.2 Å². The summed E-state index contributed by atoms with van der Waals surface area (Å²) >= 11 is 0. The molecule has 1 aliphatic rings. The van der Waals surface area contributed by atoms with Gasteiger partial charge in [0.1, 0.15) is 5.82 Å². The summed E-state index contributed by atoms with van der Waals surface area (Å²) in [5.74, 6) is -0.491. The van der Waals surface area contributed by atoms with E-state index >= 15 is 0 Å². The van der Waals surface area contributed by atoms with Crippen LogP contribution in [-0.4, -0.2) is 38.0 Å². The Kier molecular flexibility index (Phi) is 7.48. The maximum atomic E-state index is 13.0. The molecule has 1 fully saturated rings. The van der Waals surface area contributed by atoms with Gasteiger partial charge in [-0.25, -0.2) is 4.39 Å². The van der Waals surface area contributed by atoms with Gasteiger partial charge in [-0.1, -0.05) is 0 Å². The average molecular weight is 492 g/mol. The topological polar surface area (TPSA) is 97.0 Å². The van der Waals surface area contributed by atoms with E-state index in [1.54, 1.807) is 23.1 Å². The molecule has 0 unspecified atom stereocenters. The van der Waals surface area contributed by atoms with Gasteiger partial charge in [0, 0.05) is 35.6 Å². The number of ether oxygens (including phenoxy) is 2. The lowest BCUT2D eigenvalue weighted by Crippen LogP contribution is -2.24. The highest BCUT2D eigenvalue weighted by Gasteiger charge is 2.23. The average Bonchev–Trinajstić information content (AvgIpc) is 3.29. The van der Waals surface area contributed by atoms with Gasteiger partial charge >= 0.3 is 0 Å². The molecule has 0 bridgehead atoms. The van der Waals surface area contributed by atoms with Crippen LogP contribution in [0, 0.1) is 12.7 Å². The van der Waals surface area contributed by atoms with Crippen LogP contribution >= 0.6 is 0 Å². The second-order valence-corrected chi connectivity index (χ2v) is 8.31. The van der Waals surface area contributed by atoms with Crippen LogP contribution in [0.25, 0.3) is 0 Å². The number of aryl methyl sites for hydroxylation is 1. The van der Waals surface area contributed by atoms with Crippen molar-refractivity contribution in [3.05, 3.63) is 77.6 Å². The molecule has 8 nitrogen and oxygen atoms in total. The van der Waals surface area contributed by atoms with Crippen LogP contribution in [-0.2, 0) is 9.59 Å². The molecule has 0 radical (unpaired) electrons. The van der Waals surface area contributed by atoms with Gasteiger partial charge in [-0.3, -0.25) is 14.4 Å². The Bertz CT molecular complexity index is 1290. The summed E-state index contributed by atoms with van der Waals surface area (Å²) in [5, 5.41) is 5.46. The number of carbonyl (C=O) groups is 3. The van der Waals surface area contributed by atoms with E-state index in [1.165, 1.54) is 37.4 Å². The lowest BCUT2D eigenvalue weighted by molar-refractivity contribution is -0.118. The predicted octanol–water partition coefficient (Wildman–Crippen LogP) is 4.54. The first-order valence-electron chi connectivity index (χ1n) is 11.4. The molecule has 0 spiro atoms. The summed E-state index contributed by atoms with van der Waals surface area (Å²) in [6, 6.07) is 15.4. The van der Waals surface area contributed by atoms with Crippen molar-refractivity contribution in [2.45, 2.75) is 19.8 Å². The van der Waals surface area contributed by atoms with Crippen LogP contribution < -0.4 is 25.0 Å². The van der Waals surface area contributed by atoms with E-state index in [-0.39, 0.29) is 24.2 Å². The Morgan fingerprint density at radius 2 is 1.72 bits per heavy atom. The standard InChI is InChI=1S/C27H26FN3O5/c1-17-14-21(10-11-22(17)31-13-3-4-26(31)33)30-27(34)18-5-12-23(24(15-18)35-2)36-16-25(32)29-20-8-6-19(28)7-9-20/h5-12,14-15H,3-4,13,16H2,1-2H3,(H,29,32)(H,30,34). The number of amides is 3. The third-order valence-electron chi connectivity index (χ3n) is 5.73. The fourth-order valence-electron chi connectivity index (χ4n) is 3.94. The Hall–Kier alpha value is -4.40. The van der Waals surface area contributed by atoms with E-state index < -0.39 is 11.7 Å². The summed E-state index contributed by atoms with van der Waals surface area (Å²) < 4.78 is 23.9. The van der Waals surface area contributed by atoms with Gasteiger partial charge in [0.15, 0.2) is 18.1 Å². The van der Waals surface area contributed by atoms with E-state index in [0.29, 0.717) is 35.7 Å². The number of anilines is 3. The van der Waals surface area contributed by atoms with Crippen LogP contribution in [0.4, 0.5) is 21.5 Å². The molecule has 3 aromatic rings. The molecular weight excluding hydrogens is 465 g/mol. The molecule has 1 aliphatic heterocycles. The van der Waals surface area contributed by atoms with E-state index in [4.69, 9.17) is 9.47 Å². The highest BCUT2D eigenvalue weighted by molar-refractivity contribution is 6.05. The zero-order valence-corrected chi connectivity index (χ0v) is 20.0. The van der Waals surface area contributed by atoms with Gasteiger partial charge in [-0.15, -0.1) is 0 Å². The number of nitrogens with zero attached hydrogens (tertiary/aromatic N) is 1. The monoisotopic (exact) mass is 491 g/mol. The molecule has 36 heavy (non-hydrogen) atoms. The zero-order valence-electron chi connectivity index (χ0n) is 20.0. The molecule has 3 amide bonds. The van der Waals surface area contributed by atoms with Gasteiger partial charge in [-0.2, -0.15) is 0 Å². The minimum absolute atomic E-state index is 0.109. The second-order valence-electron chi connectivity index (χ2n) is 8.31. The fourth-order valence-corrected chi connectivity index (χ4v) is 3.94. The molecule has 0 aromatic heterocycles. The SMILES string of the molecule is COc1cc(C(=O)Nc2ccc(N3CCCC3=O)c(C)c2)ccc1OCC(=O)Nc1ccc(F)cc1. The first-order valence-corrected chi connectivity index (χ1v) is 11.4. The van der Waals surface area contributed by atoms with Crippen LogP contribution in [0.15, 0.2) is 60.7 Å². The van der Waals surface area contributed by atoms with Crippen molar-refractivity contribution in [3.63, 3.8) is 0 Å². The number of hydrogen-bond donors (Lipinski definition) is 2. The highest BCUT2D eigenvalue weighted by atomic mass is 19.1. The van der Waals surface area contributed by atoms with Crippen molar-refractivity contribution in [1.82, 2.24) is 0 Å². The molecule has 0 saturated carbocycles. The fraction of sp³-hybridized carbons (Fsp3) is 0.222.